The second kappa shape index (κ2) is 10.1. The number of hydrogen-bond acceptors (Lipinski definition) is 7. The van der Waals surface area contributed by atoms with Crippen molar-refractivity contribution in [2.45, 2.75) is 6.04 Å². The average Bonchev–Trinajstić information content (AvgIpc) is 3.06. The number of ether oxygens (including phenoxy) is 3. The maximum absolute atomic E-state index is 12.9. The van der Waals surface area contributed by atoms with Crippen molar-refractivity contribution in [3.05, 3.63) is 65.2 Å². The minimum atomic E-state index is -0.835. The first-order valence-corrected chi connectivity index (χ1v) is 9.77. The molecule has 2 aromatic rings. The summed E-state index contributed by atoms with van der Waals surface area (Å²) in [5.41, 5.74) is 1.00. The predicted octanol–water partition coefficient (Wildman–Crippen LogP) is 2.13. The van der Waals surface area contributed by atoms with Crippen molar-refractivity contribution < 1.29 is 34.0 Å². The summed E-state index contributed by atoms with van der Waals surface area (Å²) in [5.74, 6) is -0.829. The smallest absolute Gasteiger partial charge is 0.295 e. The Balaban J connectivity index is 2.10. The molecule has 1 amide bonds. The molecule has 0 saturated carbocycles. The quantitative estimate of drug-likeness (QED) is 0.273. The van der Waals surface area contributed by atoms with Gasteiger partial charge in [0.25, 0.3) is 11.7 Å². The van der Waals surface area contributed by atoms with Gasteiger partial charge in [-0.15, -0.1) is 0 Å². The lowest BCUT2D eigenvalue weighted by atomic mass is 9.95. The van der Waals surface area contributed by atoms with E-state index in [1.807, 2.05) is 0 Å². The number of amides is 1. The van der Waals surface area contributed by atoms with E-state index in [0.717, 1.165) is 0 Å². The zero-order valence-corrected chi connectivity index (χ0v) is 17.4. The molecule has 3 rings (SSSR count). The monoisotopic (exact) mass is 427 g/mol. The number of aliphatic hydroxyl groups is 2. The normalized spacial score (nSPS) is 17.8. The number of aliphatic hydroxyl groups excluding tert-OH is 2. The van der Waals surface area contributed by atoms with Gasteiger partial charge in [0.05, 0.1) is 45.7 Å². The molecule has 1 saturated heterocycles. The molecule has 0 spiro atoms. The summed E-state index contributed by atoms with van der Waals surface area (Å²) >= 11 is 0. The van der Waals surface area contributed by atoms with Crippen LogP contribution in [0.2, 0.25) is 0 Å². The molecule has 0 aromatic heterocycles. The number of benzene rings is 2. The molecule has 1 unspecified atom stereocenters. The highest BCUT2D eigenvalue weighted by Crippen LogP contribution is 2.41. The number of carbonyl (C=O) groups excluding carboxylic acids is 2. The van der Waals surface area contributed by atoms with Gasteiger partial charge in [-0.25, -0.2) is 0 Å². The van der Waals surface area contributed by atoms with Gasteiger partial charge in [-0.2, -0.15) is 0 Å². The van der Waals surface area contributed by atoms with E-state index >= 15 is 0 Å². The Kier molecular flexibility index (Phi) is 7.28. The minimum Gasteiger partial charge on any atom is -0.507 e. The number of hydrogen-bond donors (Lipinski definition) is 2. The van der Waals surface area contributed by atoms with Gasteiger partial charge < -0.3 is 29.3 Å². The van der Waals surface area contributed by atoms with Crippen molar-refractivity contribution in [1.29, 1.82) is 0 Å². The summed E-state index contributed by atoms with van der Waals surface area (Å²) in [4.78, 5) is 27.1. The maximum atomic E-state index is 12.9. The molecule has 8 nitrogen and oxygen atoms in total. The number of methoxy groups -OCH3 is 2. The molecule has 31 heavy (non-hydrogen) atoms. The molecule has 2 N–H and O–H groups in total. The van der Waals surface area contributed by atoms with Crippen LogP contribution in [0.1, 0.15) is 17.2 Å². The molecule has 1 heterocycles. The standard InChI is InChI=1S/C23H25NO7/c1-29-17-9-8-16(14-18(17)30-2)20-19(21(26)15-6-4-3-5-7-15)22(27)23(28)24(20)10-12-31-13-11-25/h3-9,14,20,25-26H,10-13H2,1-2H3/b21-19+. The van der Waals surface area contributed by atoms with E-state index in [1.54, 1.807) is 48.5 Å². The Morgan fingerprint density at radius 3 is 2.35 bits per heavy atom. The fourth-order valence-electron chi connectivity index (χ4n) is 3.56. The number of rotatable bonds is 9. The van der Waals surface area contributed by atoms with Crippen LogP contribution in [0.25, 0.3) is 5.76 Å². The van der Waals surface area contributed by atoms with Gasteiger partial charge in [0, 0.05) is 12.1 Å². The third-order valence-corrected chi connectivity index (χ3v) is 5.02. The summed E-state index contributed by atoms with van der Waals surface area (Å²) < 4.78 is 16.0. The van der Waals surface area contributed by atoms with Gasteiger partial charge in [-0.1, -0.05) is 36.4 Å². The van der Waals surface area contributed by atoms with E-state index in [0.29, 0.717) is 22.6 Å². The Morgan fingerprint density at radius 2 is 1.71 bits per heavy atom. The number of ketones is 1. The van der Waals surface area contributed by atoms with E-state index < -0.39 is 17.7 Å². The van der Waals surface area contributed by atoms with Gasteiger partial charge in [0.2, 0.25) is 0 Å². The maximum Gasteiger partial charge on any atom is 0.295 e. The van der Waals surface area contributed by atoms with Crippen LogP contribution in [0.5, 0.6) is 11.5 Å². The summed E-state index contributed by atoms with van der Waals surface area (Å²) in [6, 6.07) is 12.8. The first kappa shape index (κ1) is 22.3. The zero-order chi connectivity index (χ0) is 22.4. The van der Waals surface area contributed by atoms with E-state index in [4.69, 9.17) is 19.3 Å². The van der Waals surface area contributed by atoms with Crippen molar-refractivity contribution >= 4 is 17.4 Å². The van der Waals surface area contributed by atoms with Crippen molar-refractivity contribution in [2.24, 2.45) is 0 Å². The van der Waals surface area contributed by atoms with Gasteiger partial charge >= 0.3 is 0 Å². The fourth-order valence-corrected chi connectivity index (χ4v) is 3.56. The molecule has 2 aromatic carbocycles. The van der Waals surface area contributed by atoms with Crippen LogP contribution >= 0.6 is 0 Å². The molecule has 164 valence electrons. The van der Waals surface area contributed by atoms with Crippen LogP contribution in [-0.4, -0.2) is 67.4 Å². The number of nitrogens with zero attached hydrogens (tertiary/aromatic N) is 1. The zero-order valence-electron chi connectivity index (χ0n) is 17.4. The Morgan fingerprint density at radius 1 is 1.00 bits per heavy atom. The molecule has 0 radical (unpaired) electrons. The number of carbonyl (C=O) groups is 2. The van der Waals surface area contributed by atoms with E-state index in [1.165, 1.54) is 19.1 Å². The van der Waals surface area contributed by atoms with Gasteiger partial charge in [-0.3, -0.25) is 9.59 Å². The lowest BCUT2D eigenvalue weighted by molar-refractivity contribution is -0.140. The number of likely N-dealkylation sites (tertiary alicyclic amines) is 1. The van der Waals surface area contributed by atoms with Crippen LogP contribution in [0.15, 0.2) is 54.1 Å². The van der Waals surface area contributed by atoms with Crippen LogP contribution in [0, 0.1) is 0 Å². The molecule has 0 bridgehead atoms. The summed E-state index contributed by atoms with van der Waals surface area (Å²) in [7, 11) is 3.00. The molecule has 1 atom stereocenters. The van der Waals surface area contributed by atoms with Crippen LogP contribution in [0.3, 0.4) is 0 Å². The van der Waals surface area contributed by atoms with Gasteiger partial charge in [0.15, 0.2) is 11.5 Å². The Bertz CT molecular complexity index is 971. The highest BCUT2D eigenvalue weighted by Gasteiger charge is 2.46. The first-order valence-electron chi connectivity index (χ1n) is 9.77. The van der Waals surface area contributed by atoms with E-state index in [9.17, 15) is 14.7 Å². The fraction of sp³-hybridized carbons (Fsp3) is 0.304. The van der Waals surface area contributed by atoms with E-state index in [2.05, 4.69) is 0 Å². The highest BCUT2D eigenvalue weighted by atomic mass is 16.5. The Labute approximate surface area is 180 Å². The van der Waals surface area contributed by atoms with E-state index in [-0.39, 0.29) is 37.7 Å². The van der Waals surface area contributed by atoms with Gasteiger partial charge in [0.1, 0.15) is 5.76 Å². The van der Waals surface area contributed by atoms with Crippen molar-refractivity contribution in [1.82, 2.24) is 4.90 Å². The Hall–Kier alpha value is -3.36. The third-order valence-electron chi connectivity index (χ3n) is 5.02. The van der Waals surface area contributed by atoms with Crippen LogP contribution in [0.4, 0.5) is 0 Å². The summed E-state index contributed by atoms with van der Waals surface area (Å²) in [6.45, 7) is 0.207. The summed E-state index contributed by atoms with van der Waals surface area (Å²) in [6.07, 6.45) is 0. The average molecular weight is 427 g/mol. The predicted molar refractivity (Wildman–Crippen MR) is 113 cm³/mol. The van der Waals surface area contributed by atoms with Gasteiger partial charge in [-0.05, 0) is 17.7 Å². The molecular formula is C23H25NO7. The largest absolute Gasteiger partial charge is 0.507 e. The SMILES string of the molecule is COc1ccc(C2/C(=C(\O)c3ccccc3)C(=O)C(=O)N2CCOCCO)cc1OC. The molecule has 1 aliphatic heterocycles. The molecule has 8 heteroatoms. The van der Waals surface area contributed by atoms with Crippen molar-refractivity contribution in [3.63, 3.8) is 0 Å². The molecular weight excluding hydrogens is 402 g/mol. The van der Waals surface area contributed by atoms with Crippen LogP contribution < -0.4 is 9.47 Å². The second-order valence-electron chi connectivity index (χ2n) is 6.81. The molecule has 1 aliphatic rings. The van der Waals surface area contributed by atoms with Crippen molar-refractivity contribution in [2.75, 3.05) is 40.6 Å². The van der Waals surface area contributed by atoms with Crippen molar-refractivity contribution in [3.8, 4) is 11.5 Å². The second-order valence-corrected chi connectivity index (χ2v) is 6.81. The third kappa shape index (κ3) is 4.55. The minimum absolute atomic E-state index is 0.00872. The molecule has 0 aliphatic carbocycles. The first-order chi connectivity index (χ1) is 15.0. The lowest BCUT2D eigenvalue weighted by Gasteiger charge is -2.26. The summed E-state index contributed by atoms with van der Waals surface area (Å²) in [5, 5.41) is 19.9. The molecule has 1 fully saturated rings. The number of Topliss-reactive ketones (excluding diaryl/α,β-unsaturated/α-hetero) is 1. The topological polar surface area (TPSA) is 106 Å². The highest BCUT2D eigenvalue weighted by molar-refractivity contribution is 6.46. The van der Waals surface area contributed by atoms with Crippen LogP contribution in [-0.2, 0) is 14.3 Å². The lowest BCUT2D eigenvalue weighted by Crippen LogP contribution is -2.33.